The van der Waals surface area contributed by atoms with Crippen LogP contribution in [0.4, 0.5) is 4.39 Å². The molecule has 3 heterocycles. The van der Waals surface area contributed by atoms with E-state index in [4.69, 9.17) is 11.6 Å². The van der Waals surface area contributed by atoms with E-state index in [-0.39, 0.29) is 35.2 Å². The zero-order valence-corrected chi connectivity index (χ0v) is 13.1. The van der Waals surface area contributed by atoms with E-state index >= 15 is 0 Å². The Kier molecular flexibility index (Phi) is 4.08. The molecule has 2 amide bonds. The third-order valence-electron chi connectivity index (χ3n) is 4.67. The Bertz CT molecular complexity index is 622. The Morgan fingerprint density at radius 1 is 1.36 bits per heavy atom. The first-order chi connectivity index (χ1) is 10.5. The molecule has 0 spiro atoms. The number of hydrogen-bond donors (Lipinski definition) is 0. The molecule has 4 rings (SSSR count). The van der Waals surface area contributed by atoms with Crippen molar-refractivity contribution < 1.29 is 14.0 Å². The number of benzene rings is 1. The molecule has 3 saturated heterocycles. The van der Waals surface area contributed by atoms with Crippen LogP contribution in [0.1, 0.15) is 18.4 Å². The van der Waals surface area contributed by atoms with Gasteiger partial charge in [0.05, 0.1) is 12.3 Å². The van der Waals surface area contributed by atoms with E-state index in [1.807, 2.05) is 7.05 Å². The van der Waals surface area contributed by atoms with Crippen LogP contribution < -0.4 is 0 Å². The summed E-state index contributed by atoms with van der Waals surface area (Å²) in [6, 6.07) is 4.16. The Morgan fingerprint density at radius 3 is 2.86 bits per heavy atom. The number of nitrogens with zero attached hydrogens (tertiary/aromatic N) is 2. The van der Waals surface area contributed by atoms with Crippen LogP contribution in [0.5, 0.6) is 0 Å². The van der Waals surface area contributed by atoms with Crippen LogP contribution in [0.25, 0.3) is 0 Å². The van der Waals surface area contributed by atoms with Gasteiger partial charge >= 0.3 is 0 Å². The second kappa shape index (κ2) is 5.88. The number of hydrogen-bond acceptors (Lipinski definition) is 2. The summed E-state index contributed by atoms with van der Waals surface area (Å²) < 4.78 is 13.1. The summed E-state index contributed by atoms with van der Waals surface area (Å²) in [5.74, 6) is -0.447. The number of carbonyl (C=O) groups excluding carboxylic acids is 2. The summed E-state index contributed by atoms with van der Waals surface area (Å²) in [6.45, 7) is 1.04. The number of piperidine rings is 1. The second-order valence-electron chi connectivity index (χ2n) is 6.09. The van der Waals surface area contributed by atoms with Crippen LogP contribution >= 0.6 is 11.6 Å². The summed E-state index contributed by atoms with van der Waals surface area (Å²) in [5, 5.41) is 0.263. The predicted octanol–water partition coefficient (Wildman–Crippen LogP) is 2.10. The average molecular weight is 325 g/mol. The number of amides is 2. The Hall–Kier alpha value is -1.62. The predicted molar refractivity (Wildman–Crippen MR) is 81.0 cm³/mol. The lowest BCUT2D eigenvalue weighted by atomic mass is 9.95. The molecule has 3 fully saturated rings. The van der Waals surface area contributed by atoms with Gasteiger partial charge in [-0.1, -0.05) is 17.7 Å². The van der Waals surface area contributed by atoms with Crippen molar-refractivity contribution in [3.8, 4) is 0 Å². The fraction of sp³-hybridized carbons (Fsp3) is 0.500. The van der Waals surface area contributed by atoms with Gasteiger partial charge in [0.25, 0.3) is 0 Å². The molecule has 118 valence electrons. The van der Waals surface area contributed by atoms with E-state index in [0.29, 0.717) is 18.7 Å². The van der Waals surface area contributed by atoms with Crippen LogP contribution in [0.2, 0.25) is 5.02 Å². The van der Waals surface area contributed by atoms with Crippen molar-refractivity contribution in [3.05, 3.63) is 34.6 Å². The zero-order chi connectivity index (χ0) is 15.9. The van der Waals surface area contributed by atoms with Gasteiger partial charge in [-0.05, 0) is 30.5 Å². The van der Waals surface area contributed by atoms with Crippen LogP contribution in [0.3, 0.4) is 0 Å². The molecule has 1 aromatic carbocycles. The number of rotatable bonds is 2. The molecule has 3 aliphatic rings. The molecule has 4 nitrogen and oxygen atoms in total. The molecule has 0 aromatic heterocycles. The van der Waals surface area contributed by atoms with Gasteiger partial charge in [0.15, 0.2) is 0 Å². The van der Waals surface area contributed by atoms with Crippen molar-refractivity contribution in [1.82, 2.24) is 9.80 Å². The summed E-state index contributed by atoms with van der Waals surface area (Å²) in [5.41, 5.74) is 0.615. The molecular weight excluding hydrogens is 307 g/mol. The van der Waals surface area contributed by atoms with Gasteiger partial charge in [-0.25, -0.2) is 4.39 Å². The van der Waals surface area contributed by atoms with Crippen molar-refractivity contribution in [3.63, 3.8) is 0 Å². The molecule has 0 N–H and O–H groups in total. The molecule has 2 bridgehead atoms. The molecule has 0 unspecified atom stereocenters. The summed E-state index contributed by atoms with van der Waals surface area (Å²) in [7, 11) is 1.81. The third-order valence-corrected chi connectivity index (χ3v) is 5.03. The van der Waals surface area contributed by atoms with Gasteiger partial charge in [-0.3, -0.25) is 9.59 Å². The first kappa shape index (κ1) is 15.3. The van der Waals surface area contributed by atoms with E-state index in [1.165, 1.54) is 12.1 Å². The normalized spacial score (nSPS) is 24.6. The average Bonchev–Trinajstić information content (AvgIpc) is 2.76. The van der Waals surface area contributed by atoms with Crippen molar-refractivity contribution in [2.45, 2.75) is 25.3 Å². The van der Waals surface area contributed by atoms with Crippen LogP contribution in [0.15, 0.2) is 18.2 Å². The highest BCUT2D eigenvalue weighted by atomic mass is 35.5. The van der Waals surface area contributed by atoms with E-state index < -0.39 is 5.82 Å². The highest BCUT2D eigenvalue weighted by molar-refractivity contribution is 6.31. The third kappa shape index (κ3) is 2.82. The van der Waals surface area contributed by atoms with Gasteiger partial charge in [-0.2, -0.15) is 0 Å². The van der Waals surface area contributed by atoms with Gasteiger partial charge < -0.3 is 9.80 Å². The summed E-state index contributed by atoms with van der Waals surface area (Å²) in [4.78, 5) is 28.2. The molecule has 2 atom stereocenters. The summed E-state index contributed by atoms with van der Waals surface area (Å²) >= 11 is 5.99. The van der Waals surface area contributed by atoms with Gasteiger partial charge in [0.2, 0.25) is 11.8 Å². The van der Waals surface area contributed by atoms with Crippen molar-refractivity contribution in [1.29, 1.82) is 0 Å². The van der Waals surface area contributed by atoms with Crippen molar-refractivity contribution in [2.24, 2.45) is 5.92 Å². The highest BCUT2D eigenvalue weighted by Gasteiger charge is 2.40. The van der Waals surface area contributed by atoms with Crippen molar-refractivity contribution in [2.75, 3.05) is 20.1 Å². The van der Waals surface area contributed by atoms with Crippen LogP contribution in [-0.4, -0.2) is 47.8 Å². The monoisotopic (exact) mass is 324 g/mol. The smallest absolute Gasteiger partial charge is 0.227 e. The summed E-state index contributed by atoms with van der Waals surface area (Å²) in [6.07, 6.45) is 1.92. The second-order valence-corrected chi connectivity index (χ2v) is 6.50. The minimum atomic E-state index is -0.416. The van der Waals surface area contributed by atoms with Gasteiger partial charge in [0, 0.05) is 31.2 Å². The highest BCUT2D eigenvalue weighted by Crippen LogP contribution is 2.28. The maximum atomic E-state index is 13.1. The molecule has 3 aliphatic heterocycles. The van der Waals surface area contributed by atoms with E-state index in [0.717, 1.165) is 12.8 Å². The minimum Gasteiger partial charge on any atom is -0.341 e. The molecule has 22 heavy (non-hydrogen) atoms. The quantitative estimate of drug-likeness (QED) is 0.836. The first-order valence-corrected chi connectivity index (χ1v) is 7.82. The van der Waals surface area contributed by atoms with Crippen molar-refractivity contribution >= 4 is 23.4 Å². The molecule has 0 saturated carbocycles. The lowest BCUT2D eigenvalue weighted by Crippen LogP contribution is -2.45. The lowest BCUT2D eigenvalue weighted by Gasteiger charge is -2.32. The topological polar surface area (TPSA) is 40.6 Å². The Labute approximate surface area is 133 Å². The largest absolute Gasteiger partial charge is 0.341 e. The Balaban J connectivity index is 1.74. The van der Waals surface area contributed by atoms with Gasteiger partial charge in [0.1, 0.15) is 5.82 Å². The van der Waals surface area contributed by atoms with Crippen LogP contribution in [-0.2, 0) is 16.0 Å². The molecule has 0 radical (unpaired) electrons. The number of likely N-dealkylation sites (N-methyl/N-ethyl adjacent to an activating group) is 1. The fourth-order valence-corrected chi connectivity index (χ4v) is 3.53. The maximum Gasteiger partial charge on any atom is 0.227 e. The van der Waals surface area contributed by atoms with Crippen LogP contribution in [0, 0.1) is 11.7 Å². The minimum absolute atomic E-state index is 0.0616. The van der Waals surface area contributed by atoms with E-state index in [9.17, 15) is 14.0 Å². The van der Waals surface area contributed by atoms with E-state index in [2.05, 4.69) is 0 Å². The standard InChI is InChI=1S/C16H18ClFN2O2/c1-19-13-5-3-11(16(19)22)8-20(9-13)15(21)6-10-2-4-12(18)7-14(10)17/h2,4,7,11,13H,3,5-6,8-9H2,1H3/t11-,13+/m0/s1. The molecule has 6 heteroatoms. The Morgan fingerprint density at radius 2 is 2.14 bits per heavy atom. The number of carbonyl (C=O) groups is 2. The molecule has 1 aromatic rings. The zero-order valence-electron chi connectivity index (χ0n) is 12.4. The maximum absolute atomic E-state index is 13.1. The number of fused-ring (bicyclic) bond motifs is 4. The van der Waals surface area contributed by atoms with Gasteiger partial charge in [-0.15, -0.1) is 0 Å². The first-order valence-electron chi connectivity index (χ1n) is 7.44. The lowest BCUT2D eigenvalue weighted by molar-refractivity contribution is -0.138. The number of halogens is 2. The molecular formula is C16H18ClFN2O2. The van der Waals surface area contributed by atoms with E-state index in [1.54, 1.807) is 15.9 Å². The fourth-order valence-electron chi connectivity index (χ4n) is 3.30. The molecule has 0 aliphatic carbocycles. The SMILES string of the molecule is CN1C(=O)[C@H]2CC[C@@H]1CN(C(=O)Cc1ccc(F)cc1Cl)C2.